The first kappa shape index (κ1) is 17.2. The second-order valence-corrected chi connectivity index (χ2v) is 8.26. The van der Waals surface area contributed by atoms with E-state index in [0.717, 1.165) is 0 Å². The highest BCUT2D eigenvalue weighted by atomic mass is 32.2. The molecule has 0 radical (unpaired) electrons. The average molecular weight is 326 g/mol. The van der Waals surface area contributed by atoms with Gasteiger partial charge in [0.2, 0.25) is 10.0 Å². The van der Waals surface area contributed by atoms with Crippen molar-refractivity contribution in [2.75, 3.05) is 20.1 Å². The fourth-order valence-electron chi connectivity index (χ4n) is 2.66. The standard InChI is InChI=1S/C16H26N2O3S/c1-12(2)21-15-6-8-16(9-7-15)22(19,20)18-10-13(3)17(5)14(4)11-18/h6-9,12-14H,10-11H2,1-5H3. The smallest absolute Gasteiger partial charge is 0.243 e. The molecule has 1 aliphatic heterocycles. The van der Waals surface area contributed by atoms with Crippen molar-refractivity contribution in [3.63, 3.8) is 0 Å². The number of sulfonamides is 1. The van der Waals surface area contributed by atoms with E-state index >= 15 is 0 Å². The van der Waals surface area contributed by atoms with Crippen LogP contribution in [-0.2, 0) is 10.0 Å². The lowest BCUT2D eigenvalue weighted by molar-refractivity contribution is 0.105. The number of likely N-dealkylation sites (N-methyl/N-ethyl adjacent to an activating group) is 1. The molecule has 0 aromatic heterocycles. The van der Waals surface area contributed by atoms with Crippen molar-refractivity contribution < 1.29 is 13.2 Å². The van der Waals surface area contributed by atoms with E-state index in [1.54, 1.807) is 28.6 Å². The molecule has 2 rings (SSSR count). The van der Waals surface area contributed by atoms with Gasteiger partial charge in [-0.1, -0.05) is 0 Å². The van der Waals surface area contributed by atoms with E-state index in [-0.39, 0.29) is 18.2 Å². The van der Waals surface area contributed by atoms with Crippen LogP contribution in [-0.4, -0.2) is 55.9 Å². The van der Waals surface area contributed by atoms with E-state index in [1.807, 2.05) is 20.9 Å². The van der Waals surface area contributed by atoms with Crippen LogP contribution in [0.25, 0.3) is 0 Å². The van der Waals surface area contributed by atoms with E-state index in [4.69, 9.17) is 4.74 Å². The fourth-order valence-corrected chi connectivity index (χ4v) is 4.27. The van der Waals surface area contributed by atoms with Crippen molar-refractivity contribution in [3.8, 4) is 5.75 Å². The highest BCUT2D eigenvalue weighted by Crippen LogP contribution is 2.24. The van der Waals surface area contributed by atoms with E-state index in [9.17, 15) is 8.42 Å². The van der Waals surface area contributed by atoms with Gasteiger partial charge < -0.3 is 4.74 Å². The van der Waals surface area contributed by atoms with E-state index in [0.29, 0.717) is 23.7 Å². The Morgan fingerprint density at radius 2 is 1.59 bits per heavy atom. The van der Waals surface area contributed by atoms with Crippen molar-refractivity contribution in [1.29, 1.82) is 0 Å². The van der Waals surface area contributed by atoms with Crippen molar-refractivity contribution in [2.45, 2.75) is 50.8 Å². The summed E-state index contributed by atoms with van der Waals surface area (Å²) in [6.45, 7) is 9.03. The van der Waals surface area contributed by atoms with E-state index in [1.165, 1.54) is 0 Å². The monoisotopic (exact) mass is 326 g/mol. The summed E-state index contributed by atoms with van der Waals surface area (Å²) in [5, 5.41) is 0. The maximum absolute atomic E-state index is 12.8. The normalized spacial score (nSPS) is 24.6. The first-order chi connectivity index (χ1) is 10.2. The van der Waals surface area contributed by atoms with Crippen molar-refractivity contribution in [2.24, 2.45) is 0 Å². The molecule has 5 nitrogen and oxygen atoms in total. The minimum absolute atomic E-state index is 0.0711. The van der Waals surface area contributed by atoms with Gasteiger partial charge in [-0.25, -0.2) is 8.42 Å². The van der Waals surface area contributed by atoms with Crippen LogP contribution in [0.15, 0.2) is 29.2 Å². The summed E-state index contributed by atoms with van der Waals surface area (Å²) < 4.78 is 32.7. The molecular weight excluding hydrogens is 300 g/mol. The molecule has 1 aliphatic rings. The molecule has 1 saturated heterocycles. The van der Waals surface area contributed by atoms with Crippen LogP contribution >= 0.6 is 0 Å². The minimum atomic E-state index is -3.45. The first-order valence-corrected chi connectivity index (χ1v) is 9.14. The lowest BCUT2D eigenvalue weighted by atomic mass is 10.1. The number of ether oxygens (including phenoxy) is 1. The predicted molar refractivity (Wildman–Crippen MR) is 87.7 cm³/mol. The van der Waals surface area contributed by atoms with Crippen LogP contribution in [0.5, 0.6) is 5.75 Å². The molecule has 124 valence electrons. The van der Waals surface area contributed by atoms with Crippen LogP contribution in [0.2, 0.25) is 0 Å². The molecule has 6 heteroatoms. The number of nitrogens with zero attached hydrogens (tertiary/aromatic N) is 2. The highest BCUT2D eigenvalue weighted by molar-refractivity contribution is 7.89. The molecular formula is C16H26N2O3S. The van der Waals surface area contributed by atoms with Gasteiger partial charge in [-0.3, -0.25) is 4.90 Å². The van der Waals surface area contributed by atoms with Gasteiger partial charge in [0.25, 0.3) is 0 Å². The Labute approximate surface area is 133 Å². The molecule has 0 aliphatic carbocycles. The summed E-state index contributed by atoms with van der Waals surface area (Å²) >= 11 is 0. The Morgan fingerprint density at radius 3 is 2.05 bits per heavy atom. The van der Waals surface area contributed by atoms with Gasteiger partial charge in [0.05, 0.1) is 11.0 Å². The number of benzene rings is 1. The van der Waals surface area contributed by atoms with E-state index < -0.39 is 10.0 Å². The predicted octanol–water partition coefficient (Wildman–Crippen LogP) is 2.19. The summed E-state index contributed by atoms with van der Waals surface area (Å²) in [5.41, 5.74) is 0. The third-order valence-corrected chi connectivity index (χ3v) is 6.01. The number of piperazine rings is 1. The molecule has 2 atom stereocenters. The topological polar surface area (TPSA) is 49.9 Å². The summed E-state index contributed by atoms with van der Waals surface area (Å²) in [6.07, 6.45) is 0.0711. The Hall–Kier alpha value is -1.11. The fraction of sp³-hybridized carbons (Fsp3) is 0.625. The summed E-state index contributed by atoms with van der Waals surface area (Å²) in [4.78, 5) is 2.54. The SMILES string of the molecule is CC(C)Oc1ccc(S(=O)(=O)N2CC(C)N(C)C(C)C2)cc1. The Bertz CT molecular complexity index is 586. The molecule has 1 fully saturated rings. The van der Waals surface area contributed by atoms with Crippen molar-refractivity contribution >= 4 is 10.0 Å². The Balaban J connectivity index is 2.19. The summed E-state index contributed by atoms with van der Waals surface area (Å²) in [7, 11) is -1.41. The molecule has 1 aromatic rings. The third kappa shape index (κ3) is 3.62. The van der Waals surface area contributed by atoms with Gasteiger partial charge in [-0.05, 0) is 59.0 Å². The average Bonchev–Trinajstić information content (AvgIpc) is 2.44. The van der Waals surface area contributed by atoms with Crippen LogP contribution in [0.4, 0.5) is 0 Å². The molecule has 1 heterocycles. The van der Waals surface area contributed by atoms with Crippen LogP contribution in [0.3, 0.4) is 0 Å². The molecule has 0 saturated carbocycles. The molecule has 22 heavy (non-hydrogen) atoms. The second kappa shape index (κ2) is 6.56. The quantitative estimate of drug-likeness (QED) is 0.851. The van der Waals surface area contributed by atoms with Gasteiger partial charge >= 0.3 is 0 Å². The molecule has 0 amide bonds. The maximum atomic E-state index is 12.8. The summed E-state index contributed by atoms with van der Waals surface area (Å²) in [6, 6.07) is 7.11. The molecule has 0 N–H and O–H groups in total. The lowest BCUT2D eigenvalue weighted by Gasteiger charge is -2.41. The zero-order chi connectivity index (χ0) is 16.5. The molecule has 0 bridgehead atoms. The molecule has 0 spiro atoms. The number of hydrogen-bond donors (Lipinski definition) is 0. The first-order valence-electron chi connectivity index (χ1n) is 7.70. The highest BCUT2D eigenvalue weighted by Gasteiger charge is 2.34. The zero-order valence-electron chi connectivity index (χ0n) is 14.0. The van der Waals surface area contributed by atoms with Crippen molar-refractivity contribution in [3.05, 3.63) is 24.3 Å². The number of hydrogen-bond acceptors (Lipinski definition) is 4. The largest absolute Gasteiger partial charge is 0.491 e. The van der Waals surface area contributed by atoms with Crippen LogP contribution < -0.4 is 4.74 Å². The summed E-state index contributed by atoms with van der Waals surface area (Å²) in [5.74, 6) is 0.689. The van der Waals surface area contributed by atoms with Crippen LogP contribution in [0.1, 0.15) is 27.7 Å². The Kier molecular flexibility index (Phi) is 5.14. The zero-order valence-corrected chi connectivity index (χ0v) is 14.8. The van der Waals surface area contributed by atoms with Gasteiger partial charge in [0, 0.05) is 25.2 Å². The Morgan fingerprint density at radius 1 is 1.09 bits per heavy atom. The van der Waals surface area contributed by atoms with Gasteiger partial charge in [0.15, 0.2) is 0 Å². The molecule has 2 unspecified atom stereocenters. The maximum Gasteiger partial charge on any atom is 0.243 e. The van der Waals surface area contributed by atoms with Gasteiger partial charge in [0.1, 0.15) is 5.75 Å². The van der Waals surface area contributed by atoms with Crippen LogP contribution in [0, 0.1) is 0 Å². The second-order valence-electron chi connectivity index (χ2n) is 6.32. The minimum Gasteiger partial charge on any atom is -0.491 e. The van der Waals surface area contributed by atoms with E-state index in [2.05, 4.69) is 18.7 Å². The van der Waals surface area contributed by atoms with Gasteiger partial charge in [-0.15, -0.1) is 0 Å². The third-order valence-electron chi connectivity index (χ3n) is 4.16. The number of rotatable bonds is 4. The lowest BCUT2D eigenvalue weighted by Crippen LogP contribution is -2.56. The van der Waals surface area contributed by atoms with Crippen molar-refractivity contribution in [1.82, 2.24) is 9.21 Å². The molecule has 1 aromatic carbocycles. The van der Waals surface area contributed by atoms with Gasteiger partial charge in [-0.2, -0.15) is 4.31 Å².